The molecule has 2 rings (SSSR count). The van der Waals surface area contributed by atoms with E-state index in [2.05, 4.69) is 5.32 Å². The highest BCUT2D eigenvalue weighted by Gasteiger charge is 2.04. The summed E-state index contributed by atoms with van der Waals surface area (Å²) in [6, 6.07) is 9.26. The molecule has 6 heteroatoms. The van der Waals surface area contributed by atoms with Crippen molar-refractivity contribution in [2.75, 3.05) is 18.5 Å². The molecule has 0 bridgehead atoms. The van der Waals surface area contributed by atoms with Gasteiger partial charge in [-0.15, -0.1) is 11.3 Å². The Morgan fingerprint density at radius 2 is 2.10 bits per heavy atom. The van der Waals surface area contributed by atoms with Crippen molar-refractivity contribution in [3.63, 3.8) is 0 Å². The fourth-order valence-corrected chi connectivity index (χ4v) is 2.44. The van der Waals surface area contributed by atoms with Gasteiger partial charge in [0.15, 0.2) is 0 Å². The van der Waals surface area contributed by atoms with Crippen LogP contribution < -0.4 is 15.8 Å². The first-order valence-electron chi connectivity index (χ1n) is 6.14. The fourth-order valence-electron chi connectivity index (χ4n) is 1.62. The van der Waals surface area contributed by atoms with Crippen molar-refractivity contribution < 1.29 is 14.6 Å². The SMILES string of the molecule is NC(=O)c1csc(CNc2ccc(OCCO)cc2)c1. The van der Waals surface area contributed by atoms with Crippen LogP contribution in [-0.2, 0) is 6.54 Å². The van der Waals surface area contributed by atoms with Crippen molar-refractivity contribution in [1.29, 1.82) is 0 Å². The third kappa shape index (κ3) is 3.97. The summed E-state index contributed by atoms with van der Waals surface area (Å²) in [5, 5.41) is 13.7. The lowest BCUT2D eigenvalue weighted by Gasteiger charge is -2.07. The molecule has 1 amide bonds. The van der Waals surface area contributed by atoms with E-state index in [1.807, 2.05) is 24.3 Å². The van der Waals surface area contributed by atoms with E-state index in [-0.39, 0.29) is 13.2 Å². The number of amides is 1. The van der Waals surface area contributed by atoms with Crippen molar-refractivity contribution in [1.82, 2.24) is 0 Å². The van der Waals surface area contributed by atoms with Gasteiger partial charge in [0.1, 0.15) is 12.4 Å². The zero-order valence-corrected chi connectivity index (χ0v) is 11.7. The van der Waals surface area contributed by atoms with E-state index < -0.39 is 5.91 Å². The molecule has 0 saturated carbocycles. The molecule has 2 aromatic rings. The summed E-state index contributed by atoms with van der Waals surface area (Å²) in [6.45, 7) is 0.924. The normalized spacial score (nSPS) is 10.2. The third-order valence-electron chi connectivity index (χ3n) is 2.62. The molecule has 0 atom stereocenters. The van der Waals surface area contributed by atoms with Crippen molar-refractivity contribution in [2.45, 2.75) is 6.54 Å². The first kappa shape index (κ1) is 14.4. The summed E-state index contributed by atoms with van der Waals surface area (Å²) in [4.78, 5) is 12.0. The molecule has 0 aliphatic heterocycles. The highest BCUT2D eigenvalue weighted by atomic mass is 32.1. The number of hydrogen-bond donors (Lipinski definition) is 3. The zero-order chi connectivity index (χ0) is 14.4. The predicted molar refractivity (Wildman–Crippen MR) is 79.2 cm³/mol. The molecule has 4 N–H and O–H groups in total. The number of hydrogen-bond acceptors (Lipinski definition) is 5. The molecule has 0 fully saturated rings. The molecule has 0 unspecified atom stereocenters. The van der Waals surface area contributed by atoms with Gasteiger partial charge >= 0.3 is 0 Å². The van der Waals surface area contributed by atoms with Gasteiger partial charge in [0.25, 0.3) is 0 Å². The van der Waals surface area contributed by atoms with Gasteiger partial charge in [-0.25, -0.2) is 0 Å². The van der Waals surface area contributed by atoms with Gasteiger partial charge < -0.3 is 20.9 Å². The lowest BCUT2D eigenvalue weighted by atomic mass is 10.3. The molecule has 1 heterocycles. The van der Waals surface area contributed by atoms with Crippen molar-refractivity contribution in [2.24, 2.45) is 5.73 Å². The largest absolute Gasteiger partial charge is 0.491 e. The standard InChI is InChI=1S/C14H16N2O3S/c15-14(18)10-7-13(20-9-10)8-16-11-1-3-12(4-2-11)19-6-5-17/h1-4,7,9,16-17H,5-6,8H2,(H2,15,18). The van der Waals surface area contributed by atoms with Gasteiger partial charge in [0, 0.05) is 22.5 Å². The van der Waals surface area contributed by atoms with E-state index in [9.17, 15) is 4.79 Å². The van der Waals surface area contributed by atoms with Gasteiger partial charge in [-0.2, -0.15) is 0 Å². The minimum absolute atomic E-state index is 0.000571. The molecule has 106 valence electrons. The van der Waals surface area contributed by atoms with Crippen LogP contribution in [0.3, 0.4) is 0 Å². The van der Waals surface area contributed by atoms with Crippen LogP contribution >= 0.6 is 11.3 Å². The van der Waals surface area contributed by atoms with E-state index in [4.69, 9.17) is 15.6 Å². The van der Waals surface area contributed by atoms with Crippen LogP contribution in [0.1, 0.15) is 15.2 Å². The Morgan fingerprint density at radius 1 is 1.35 bits per heavy atom. The quantitative estimate of drug-likeness (QED) is 0.727. The molecule has 0 aliphatic rings. The number of nitrogens with two attached hydrogens (primary N) is 1. The van der Waals surface area contributed by atoms with Crippen molar-refractivity contribution >= 4 is 22.9 Å². The molecule has 0 radical (unpaired) electrons. The Morgan fingerprint density at radius 3 is 2.70 bits per heavy atom. The number of aliphatic hydroxyl groups is 1. The van der Waals surface area contributed by atoms with Crippen molar-refractivity contribution in [3.05, 3.63) is 46.2 Å². The number of carbonyl (C=O) groups is 1. The highest BCUT2D eigenvalue weighted by molar-refractivity contribution is 7.10. The first-order chi connectivity index (χ1) is 9.69. The molecule has 0 aliphatic carbocycles. The predicted octanol–water partition coefficient (Wildman–Crippen LogP) is 1.83. The van der Waals surface area contributed by atoms with Crippen LogP contribution in [0.4, 0.5) is 5.69 Å². The first-order valence-corrected chi connectivity index (χ1v) is 7.02. The van der Waals surface area contributed by atoms with Gasteiger partial charge in [-0.05, 0) is 30.3 Å². The zero-order valence-electron chi connectivity index (χ0n) is 10.8. The van der Waals surface area contributed by atoms with Gasteiger partial charge in [0.2, 0.25) is 5.91 Å². The van der Waals surface area contributed by atoms with E-state index in [1.54, 1.807) is 11.4 Å². The molecule has 0 spiro atoms. The van der Waals surface area contributed by atoms with E-state index in [0.29, 0.717) is 12.1 Å². The number of anilines is 1. The average molecular weight is 292 g/mol. The number of carbonyl (C=O) groups excluding carboxylic acids is 1. The molecular weight excluding hydrogens is 276 g/mol. The summed E-state index contributed by atoms with van der Waals surface area (Å²) >= 11 is 1.50. The number of nitrogens with one attached hydrogen (secondary N) is 1. The Labute approximate surface area is 121 Å². The Bertz CT molecular complexity index is 566. The lowest BCUT2D eigenvalue weighted by molar-refractivity contribution is 0.100. The second kappa shape index (κ2) is 6.93. The van der Waals surface area contributed by atoms with E-state index in [0.717, 1.165) is 16.3 Å². The number of benzene rings is 1. The lowest BCUT2D eigenvalue weighted by Crippen LogP contribution is -2.09. The number of thiophene rings is 1. The smallest absolute Gasteiger partial charge is 0.249 e. The summed E-state index contributed by atoms with van der Waals surface area (Å²) < 4.78 is 5.28. The Kier molecular flexibility index (Phi) is 4.97. The van der Waals surface area contributed by atoms with Crippen LogP contribution in [0.5, 0.6) is 5.75 Å². The van der Waals surface area contributed by atoms with Gasteiger partial charge in [0.05, 0.1) is 12.2 Å². The minimum Gasteiger partial charge on any atom is -0.491 e. The molecular formula is C14H16N2O3S. The van der Waals surface area contributed by atoms with Gasteiger partial charge in [-0.3, -0.25) is 4.79 Å². The van der Waals surface area contributed by atoms with E-state index in [1.165, 1.54) is 11.3 Å². The van der Waals surface area contributed by atoms with Crippen LogP contribution in [0.25, 0.3) is 0 Å². The molecule has 0 saturated heterocycles. The van der Waals surface area contributed by atoms with Gasteiger partial charge in [-0.1, -0.05) is 0 Å². The maximum Gasteiger partial charge on any atom is 0.249 e. The molecule has 1 aromatic heterocycles. The number of aliphatic hydroxyl groups excluding tert-OH is 1. The number of ether oxygens (including phenoxy) is 1. The van der Waals surface area contributed by atoms with Crippen LogP contribution in [-0.4, -0.2) is 24.2 Å². The molecule has 5 nitrogen and oxygen atoms in total. The third-order valence-corrected chi connectivity index (χ3v) is 3.56. The molecule has 1 aromatic carbocycles. The van der Waals surface area contributed by atoms with Crippen LogP contribution in [0, 0.1) is 0 Å². The fraction of sp³-hybridized carbons (Fsp3) is 0.214. The van der Waals surface area contributed by atoms with Crippen molar-refractivity contribution in [3.8, 4) is 5.75 Å². The Balaban J connectivity index is 1.88. The second-order valence-electron chi connectivity index (χ2n) is 4.12. The van der Waals surface area contributed by atoms with E-state index >= 15 is 0 Å². The highest BCUT2D eigenvalue weighted by Crippen LogP contribution is 2.19. The minimum atomic E-state index is -0.405. The second-order valence-corrected chi connectivity index (χ2v) is 5.11. The maximum atomic E-state index is 11.0. The van der Waals surface area contributed by atoms with Crippen LogP contribution in [0.15, 0.2) is 35.7 Å². The monoisotopic (exact) mass is 292 g/mol. The average Bonchev–Trinajstić information content (AvgIpc) is 2.93. The van der Waals surface area contributed by atoms with Crippen LogP contribution in [0.2, 0.25) is 0 Å². The summed E-state index contributed by atoms with van der Waals surface area (Å²) in [5.74, 6) is 0.314. The summed E-state index contributed by atoms with van der Waals surface area (Å²) in [7, 11) is 0. The summed E-state index contributed by atoms with van der Waals surface area (Å²) in [5.41, 5.74) is 6.70. The maximum absolute atomic E-state index is 11.0. The summed E-state index contributed by atoms with van der Waals surface area (Å²) in [6.07, 6.45) is 0. The molecule has 20 heavy (non-hydrogen) atoms. The number of primary amides is 1. The topological polar surface area (TPSA) is 84.6 Å². The Hall–Kier alpha value is -2.05. The number of rotatable bonds is 7.